The number of hydrazone groups is 1. The first-order valence-electron chi connectivity index (χ1n) is 5.26. The third kappa shape index (κ3) is 9.44. The zero-order chi connectivity index (χ0) is 14.0. The second-order valence-electron chi connectivity index (χ2n) is 3.37. The Morgan fingerprint density at radius 1 is 1.28 bits per heavy atom. The third-order valence-corrected chi connectivity index (χ3v) is 1.83. The molecule has 0 bridgehead atoms. The zero-order valence-electron chi connectivity index (χ0n) is 10.4. The Morgan fingerprint density at radius 2 is 1.94 bits per heavy atom. The fraction of sp³-hybridized carbons (Fsp3) is 0.455. The van der Waals surface area contributed by atoms with Gasteiger partial charge in [0, 0.05) is 32.7 Å². The van der Waals surface area contributed by atoms with E-state index in [1.54, 1.807) is 6.34 Å². The monoisotopic (exact) mass is 262 g/mol. The molecular formula is C11H17F3N4. The Balaban J connectivity index is 4.17. The molecule has 7 heteroatoms. The Labute approximate surface area is 105 Å². The maximum Gasteiger partial charge on any atom is 0.408 e. The predicted octanol–water partition coefficient (Wildman–Crippen LogP) is 2.47. The second kappa shape index (κ2) is 8.32. The van der Waals surface area contributed by atoms with Crippen LogP contribution in [0.25, 0.3) is 0 Å². The Hall–Kier alpha value is -1.79. The van der Waals surface area contributed by atoms with Crippen LogP contribution in [0.3, 0.4) is 0 Å². The minimum Gasteiger partial charge on any atom is -0.366 e. The van der Waals surface area contributed by atoms with Gasteiger partial charge in [-0.2, -0.15) is 18.3 Å². The molecule has 0 spiro atoms. The van der Waals surface area contributed by atoms with E-state index in [0.717, 1.165) is 6.54 Å². The summed E-state index contributed by atoms with van der Waals surface area (Å²) in [5.74, 6) is 0. The molecule has 4 nitrogen and oxygen atoms in total. The molecule has 0 saturated carbocycles. The van der Waals surface area contributed by atoms with Gasteiger partial charge in [0.15, 0.2) is 0 Å². The molecule has 0 aliphatic heterocycles. The molecule has 0 heterocycles. The highest BCUT2D eigenvalue weighted by Gasteiger charge is 2.29. The molecule has 18 heavy (non-hydrogen) atoms. The quantitative estimate of drug-likeness (QED) is 0.305. The van der Waals surface area contributed by atoms with E-state index in [9.17, 15) is 13.2 Å². The fourth-order valence-electron chi connectivity index (χ4n) is 0.816. The van der Waals surface area contributed by atoms with Crippen molar-refractivity contribution in [2.75, 3.05) is 20.1 Å². The van der Waals surface area contributed by atoms with E-state index in [2.05, 4.69) is 16.8 Å². The first-order valence-corrected chi connectivity index (χ1v) is 5.26. The maximum atomic E-state index is 12.0. The van der Waals surface area contributed by atoms with Crippen LogP contribution in [-0.2, 0) is 0 Å². The summed E-state index contributed by atoms with van der Waals surface area (Å²) in [6.07, 6.45) is 2.87. The van der Waals surface area contributed by atoms with Crippen LogP contribution in [0.1, 0.15) is 6.92 Å². The lowest BCUT2D eigenvalue weighted by Crippen LogP contribution is -2.26. The van der Waals surface area contributed by atoms with E-state index in [1.807, 2.05) is 18.9 Å². The van der Waals surface area contributed by atoms with Gasteiger partial charge in [-0.3, -0.25) is 5.01 Å². The van der Waals surface area contributed by atoms with E-state index in [4.69, 9.17) is 0 Å². The topological polar surface area (TPSA) is 31.2 Å². The summed E-state index contributed by atoms with van der Waals surface area (Å²) in [4.78, 5) is 5.78. The molecule has 0 aromatic rings. The van der Waals surface area contributed by atoms with Crippen LogP contribution in [-0.4, -0.2) is 49.3 Å². The number of allylic oxidation sites excluding steroid dienone is 2. The molecule has 0 radical (unpaired) electrons. The molecule has 0 rings (SSSR count). The largest absolute Gasteiger partial charge is 0.408 e. The van der Waals surface area contributed by atoms with Crippen LogP contribution in [0.5, 0.6) is 0 Å². The van der Waals surface area contributed by atoms with Gasteiger partial charge >= 0.3 is 6.18 Å². The van der Waals surface area contributed by atoms with E-state index in [0.29, 0.717) is 5.01 Å². The molecule has 102 valence electrons. The van der Waals surface area contributed by atoms with Gasteiger partial charge in [-0.05, 0) is 19.1 Å². The molecule has 0 aromatic heterocycles. The van der Waals surface area contributed by atoms with Gasteiger partial charge in [-0.25, -0.2) is 4.99 Å². The van der Waals surface area contributed by atoms with Gasteiger partial charge in [0.25, 0.3) is 0 Å². The van der Waals surface area contributed by atoms with E-state index in [1.165, 1.54) is 24.6 Å². The number of halogens is 3. The summed E-state index contributed by atoms with van der Waals surface area (Å²) in [5, 5.41) is 3.93. The molecular weight excluding hydrogens is 245 g/mol. The standard InChI is InChI=1S/C11H17F3N4/c1-4-17(3)10-16-7-5-6-8-18(15-2)9-11(12,13)14/h5-8,10H,2,4,9H2,1,3H3/b7-5+,8-6+,16-10+. The molecule has 0 atom stereocenters. The third-order valence-electron chi connectivity index (χ3n) is 1.83. The number of rotatable bonds is 7. The Kier molecular flexibility index (Phi) is 7.50. The van der Waals surface area contributed by atoms with Crippen LogP contribution in [0.15, 0.2) is 34.6 Å². The smallest absolute Gasteiger partial charge is 0.366 e. The highest BCUT2D eigenvalue weighted by atomic mass is 19.4. The summed E-state index contributed by atoms with van der Waals surface area (Å²) in [6, 6.07) is 0. The highest BCUT2D eigenvalue weighted by Crippen LogP contribution is 2.16. The van der Waals surface area contributed by atoms with Crippen LogP contribution in [0, 0.1) is 0 Å². The molecule has 0 fully saturated rings. The van der Waals surface area contributed by atoms with Gasteiger partial charge in [0.2, 0.25) is 0 Å². The lowest BCUT2D eigenvalue weighted by Gasteiger charge is -2.14. The number of hydrogen-bond acceptors (Lipinski definition) is 3. The van der Waals surface area contributed by atoms with Crippen molar-refractivity contribution in [1.82, 2.24) is 9.91 Å². The van der Waals surface area contributed by atoms with Crippen molar-refractivity contribution >= 4 is 13.1 Å². The SMILES string of the molecule is C=NN(/C=C/C=C/N=C/N(C)CC)CC(F)(F)F. The first kappa shape index (κ1) is 16.2. The van der Waals surface area contributed by atoms with Crippen molar-refractivity contribution < 1.29 is 13.2 Å². The number of aliphatic imine (C=N–C) groups is 1. The van der Waals surface area contributed by atoms with Gasteiger partial charge in [0.1, 0.15) is 6.54 Å². The van der Waals surface area contributed by atoms with Crippen molar-refractivity contribution in [1.29, 1.82) is 0 Å². The van der Waals surface area contributed by atoms with Crippen molar-refractivity contribution in [3.63, 3.8) is 0 Å². The Morgan fingerprint density at radius 3 is 2.44 bits per heavy atom. The van der Waals surface area contributed by atoms with Crippen molar-refractivity contribution in [3.8, 4) is 0 Å². The molecule has 0 unspecified atom stereocenters. The molecule has 0 amide bonds. The normalized spacial score (nSPS) is 12.7. The van der Waals surface area contributed by atoms with Crippen LogP contribution >= 0.6 is 0 Å². The number of hydrogen-bond donors (Lipinski definition) is 0. The zero-order valence-corrected chi connectivity index (χ0v) is 10.4. The van der Waals surface area contributed by atoms with Gasteiger partial charge in [-0.1, -0.05) is 0 Å². The summed E-state index contributed by atoms with van der Waals surface area (Å²) in [6.45, 7) is 4.69. The van der Waals surface area contributed by atoms with Crippen molar-refractivity contribution in [3.05, 3.63) is 24.6 Å². The molecule has 0 aliphatic rings. The van der Waals surface area contributed by atoms with Crippen molar-refractivity contribution in [2.24, 2.45) is 10.1 Å². The number of alkyl halides is 3. The minimum atomic E-state index is -4.31. The van der Waals surface area contributed by atoms with Crippen molar-refractivity contribution in [2.45, 2.75) is 13.1 Å². The van der Waals surface area contributed by atoms with E-state index >= 15 is 0 Å². The average Bonchev–Trinajstić information content (AvgIpc) is 2.29. The number of nitrogens with zero attached hydrogens (tertiary/aromatic N) is 4. The van der Waals surface area contributed by atoms with E-state index < -0.39 is 12.7 Å². The molecule has 0 aliphatic carbocycles. The predicted molar refractivity (Wildman–Crippen MR) is 67.4 cm³/mol. The highest BCUT2D eigenvalue weighted by molar-refractivity contribution is 5.55. The summed E-state index contributed by atoms with van der Waals surface area (Å²) >= 11 is 0. The lowest BCUT2D eigenvalue weighted by molar-refractivity contribution is -0.140. The summed E-state index contributed by atoms with van der Waals surface area (Å²) < 4.78 is 36.1. The fourth-order valence-corrected chi connectivity index (χ4v) is 0.816. The minimum absolute atomic E-state index is 0.701. The van der Waals surface area contributed by atoms with E-state index in [-0.39, 0.29) is 0 Å². The Bertz CT molecular complexity index is 321. The summed E-state index contributed by atoms with van der Waals surface area (Å²) in [5.41, 5.74) is 0. The van der Waals surface area contributed by atoms with Crippen LogP contribution < -0.4 is 0 Å². The van der Waals surface area contributed by atoms with Crippen LogP contribution in [0.4, 0.5) is 13.2 Å². The lowest BCUT2D eigenvalue weighted by atomic mass is 10.5. The molecule has 0 N–H and O–H groups in total. The molecule has 0 aromatic carbocycles. The molecule has 0 saturated heterocycles. The van der Waals surface area contributed by atoms with Gasteiger partial charge < -0.3 is 4.90 Å². The van der Waals surface area contributed by atoms with Crippen LogP contribution in [0.2, 0.25) is 0 Å². The van der Waals surface area contributed by atoms with Gasteiger partial charge in [0.05, 0.1) is 6.34 Å². The summed E-state index contributed by atoms with van der Waals surface area (Å²) in [7, 11) is 1.86. The second-order valence-corrected chi connectivity index (χ2v) is 3.37. The first-order chi connectivity index (χ1) is 8.39. The van der Waals surface area contributed by atoms with Gasteiger partial charge in [-0.15, -0.1) is 0 Å². The average molecular weight is 262 g/mol. The maximum absolute atomic E-state index is 12.0.